The third-order valence-electron chi connectivity index (χ3n) is 10.1. The molecule has 0 amide bonds. The molecule has 0 aromatic heterocycles. The van der Waals surface area contributed by atoms with Crippen LogP contribution in [0.15, 0.2) is 81.1 Å². The van der Waals surface area contributed by atoms with Crippen molar-refractivity contribution in [1.82, 2.24) is 0 Å². The largest absolute Gasteiger partial charge is 0.388 e. The highest BCUT2D eigenvalue weighted by molar-refractivity contribution is 5.18. The number of aliphatic hydroxyl groups is 3. The van der Waals surface area contributed by atoms with Gasteiger partial charge in [-0.3, -0.25) is 0 Å². The van der Waals surface area contributed by atoms with Crippen LogP contribution in [0.1, 0.15) is 30.1 Å². The van der Waals surface area contributed by atoms with Crippen molar-refractivity contribution in [2.24, 2.45) is 20.5 Å². The Bertz CT molecular complexity index is 1830. The van der Waals surface area contributed by atoms with Crippen LogP contribution in [-0.2, 0) is 37.9 Å². The molecule has 1 unspecified atom stereocenters. The Morgan fingerprint density at radius 3 is 1.95 bits per heavy atom. The van der Waals surface area contributed by atoms with Crippen molar-refractivity contribution in [2.75, 3.05) is 13.2 Å². The molecule has 23 nitrogen and oxygen atoms in total. The molecule has 0 bridgehead atoms. The van der Waals surface area contributed by atoms with Crippen LogP contribution in [-0.4, -0.2) is 120 Å². The number of hydrogen-bond donors (Lipinski definition) is 3. The normalized spacial score (nSPS) is 41.0. The Kier molecular flexibility index (Phi) is 12.2. The maximum Gasteiger partial charge on any atom is 0.187 e. The Morgan fingerprint density at radius 1 is 0.636 bits per heavy atom. The molecule has 1 aliphatic carbocycles. The Labute approximate surface area is 311 Å². The van der Waals surface area contributed by atoms with Gasteiger partial charge in [-0.15, -0.1) is 0 Å². The maximum atomic E-state index is 11.7. The van der Waals surface area contributed by atoms with Crippen LogP contribution in [0, 0.1) is 0 Å². The number of hydrogen-bond acceptors (Lipinski definition) is 15. The lowest BCUT2D eigenvalue weighted by molar-refractivity contribution is -0.393. The van der Waals surface area contributed by atoms with E-state index in [2.05, 4.69) is 40.1 Å². The fourth-order valence-corrected chi connectivity index (χ4v) is 7.48. The first kappa shape index (κ1) is 38.5. The molecule has 290 valence electrons. The average molecular weight is 765 g/mol. The van der Waals surface area contributed by atoms with Gasteiger partial charge in [0.05, 0.1) is 49.6 Å². The molecule has 4 saturated heterocycles. The Morgan fingerprint density at radius 2 is 1.27 bits per heavy atom. The zero-order valence-corrected chi connectivity index (χ0v) is 28.7. The lowest BCUT2D eigenvalue weighted by Gasteiger charge is -2.52. The van der Waals surface area contributed by atoms with Gasteiger partial charge in [-0.25, -0.2) is 0 Å². The first-order chi connectivity index (χ1) is 26.8. The Balaban J connectivity index is 1.24. The fraction of sp³-hybridized carbons (Fsp3) is 0.625. The summed E-state index contributed by atoms with van der Waals surface area (Å²) >= 11 is 0. The van der Waals surface area contributed by atoms with Gasteiger partial charge >= 0.3 is 0 Å². The van der Waals surface area contributed by atoms with Gasteiger partial charge in [0.1, 0.15) is 42.7 Å². The van der Waals surface area contributed by atoms with Crippen LogP contribution in [0.3, 0.4) is 0 Å². The highest BCUT2D eigenvalue weighted by Gasteiger charge is 2.57. The van der Waals surface area contributed by atoms with Gasteiger partial charge < -0.3 is 53.2 Å². The molecule has 7 rings (SSSR count). The van der Waals surface area contributed by atoms with Gasteiger partial charge in [0, 0.05) is 30.8 Å². The van der Waals surface area contributed by atoms with E-state index in [9.17, 15) is 31.9 Å². The molecule has 4 heterocycles. The summed E-state index contributed by atoms with van der Waals surface area (Å²) in [5, 5.41) is 49.0. The summed E-state index contributed by atoms with van der Waals surface area (Å²) in [6.07, 6.45) is -18.6. The van der Waals surface area contributed by atoms with Crippen molar-refractivity contribution < 1.29 is 53.2 Å². The molecular formula is C32H36N12O11. The second-order valence-electron chi connectivity index (χ2n) is 13.3. The fourth-order valence-electron chi connectivity index (χ4n) is 7.48. The molecule has 1 saturated carbocycles. The summed E-state index contributed by atoms with van der Waals surface area (Å²) in [5.74, 6) is 0. The average Bonchev–Trinajstić information content (AvgIpc) is 3.20. The summed E-state index contributed by atoms with van der Waals surface area (Å²) in [6.45, 7) is -0.414. The van der Waals surface area contributed by atoms with Gasteiger partial charge in [0.15, 0.2) is 25.2 Å². The molecule has 55 heavy (non-hydrogen) atoms. The molecule has 4 aliphatic heterocycles. The van der Waals surface area contributed by atoms with Crippen molar-refractivity contribution >= 4 is 0 Å². The van der Waals surface area contributed by atoms with Gasteiger partial charge in [-0.05, 0) is 28.5 Å². The van der Waals surface area contributed by atoms with Gasteiger partial charge in [0.2, 0.25) is 0 Å². The number of fused-ring (bicyclic) bond motifs is 3. The first-order valence-electron chi connectivity index (χ1n) is 17.3. The molecule has 23 heteroatoms. The van der Waals surface area contributed by atoms with Crippen LogP contribution in [0.25, 0.3) is 41.8 Å². The smallest absolute Gasteiger partial charge is 0.187 e. The van der Waals surface area contributed by atoms with Crippen molar-refractivity contribution in [3.05, 3.63) is 114 Å². The highest BCUT2D eigenvalue weighted by Crippen LogP contribution is 2.43. The van der Waals surface area contributed by atoms with Gasteiger partial charge in [0.25, 0.3) is 0 Å². The van der Waals surface area contributed by atoms with Gasteiger partial charge in [-0.1, -0.05) is 81.1 Å². The minimum atomic E-state index is -1.63. The second kappa shape index (κ2) is 17.4. The summed E-state index contributed by atoms with van der Waals surface area (Å²) in [6, 6.07) is 14.1. The molecule has 3 N–H and O–H groups in total. The third-order valence-corrected chi connectivity index (χ3v) is 10.1. The van der Waals surface area contributed by atoms with Crippen LogP contribution in [0.2, 0.25) is 0 Å². The van der Waals surface area contributed by atoms with Crippen LogP contribution in [0.4, 0.5) is 0 Å². The first-order valence-corrected chi connectivity index (χ1v) is 17.3. The summed E-state index contributed by atoms with van der Waals surface area (Å²) in [5.41, 5.74) is 38.8. The van der Waals surface area contributed by atoms with Gasteiger partial charge in [-0.2, -0.15) is 0 Å². The van der Waals surface area contributed by atoms with Crippen LogP contribution < -0.4 is 0 Å². The van der Waals surface area contributed by atoms with Crippen molar-refractivity contribution in [1.29, 1.82) is 0 Å². The quantitative estimate of drug-likeness (QED) is 0.188. The zero-order chi connectivity index (χ0) is 38.5. The van der Waals surface area contributed by atoms with E-state index in [-0.39, 0.29) is 19.6 Å². The van der Waals surface area contributed by atoms with Crippen molar-refractivity contribution in [3.8, 4) is 0 Å². The summed E-state index contributed by atoms with van der Waals surface area (Å²) in [7, 11) is 0. The molecule has 0 radical (unpaired) electrons. The summed E-state index contributed by atoms with van der Waals surface area (Å²) in [4.78, 5) is 11.6. The van der Waals surface area contributed by atoms with E-state index < -0.39 is 104 Å². The third kappa shape index (κ3) is 7.99. The maximum absolute atomic E-state index is 11.7. The monoisotopic (exact) mass is 764 g/mol. The van der Waals surface area contributed by atoms with Crippen LogP contribution in [0.5, 0.6) is 0 Å². The van der Waals surface area contributed by atoms with E-state index in [1.54, 1.807) is 42.5 Å². The van der Waals surface area contributed by atoms with Crippen molar-refractivity contribution in [3.63, 3.8) is 0 Å². The van der Waals surface area contributed by atoms with E-state index >= 15 is 0 Å². The number of nitrogens with zero attached hydrogens (tertiary/aromatic N) is 12. The summed E-state index contributed by atoms with van der Waals surface area (Å²) < 4.78 is 50.0. The predicted molar refractivity (Wildman–Crippen MR) is 181 cm³/mol. The highest BCUT2D eigenvalue weighted by atomic mass is 16.8. The molecular weight excluding hydrogens is 728 g/mol. The lowest BCUT2D eigenvalue weighted by atomic mass is 9.83. The number of ether oxygens (including phenoxy) is 8. The molecule has 2 aromatic rings. The zero-order valence-electron chi connectivity index (χ0n) is 28.7. The topological polar surface area (TPSA) is 330 Å². The van der Waals surface area contributed by atoms with E-state index in [1.807, 2.05) is 18.2 Å². The molecule has 2 aromatic carbocycles. The van der Waals surface area contributed by atoms with Crippen molar-refractivity contribution in [2.45, 2.75) is 111 Å². The molecule has 0 spiro atoms. The lowest BCUT2D eigenvalue weighted by Crippen LogP contribution is -2.67. The number of azide groups is 4. The van der Waals surface area contributed by atoms with E-state index in [4.69, 9.17) is 43.4 Å². The molecule has 17 atom stereocenters. The molecule has 5 fully saturated rings. The van der Waals surface area contributed by atoms with E-state index in [0.29, 0.717) is 11.1 Å². The van der Waals surface area contributed by atoms with E-state index in [0.717, 1.165) is 0 Å². The number of aliphatic hydroxyl groups excluding tert-OH is 3. The van der Waals surface area contributed by atoms with Crippen LogP contribution >= 0.6 is 0 Å². The van der Waals surface area contributed by atoms with E-state index in [1.165, 1.54) is 0 Å². The Hall–Kier alpha value is -4.76. The standard InChI is InChI=1S/C32H36N12O11/c33-41-37-12-18-21(45)23(47)27-32(49-18)52-25-17(39-43-35)11-16(38-42-34)24(28(25)55-30(54-27)15-9-5-2-6-10-15)51-31-22(46)20(40-44-36)26-19(50-31)13-48-29(53-26)14-7-3-1-4-8-14/h1-10,16-32,45-47H,11-13H2/t16-,17+,18-,19-,20-,21-,22-,23+,24+,25-,26-,27-,28-,29+,30?,31-,32-/m1/s1. The minimum Gasteiger partial charge on any atom is -0.388 e. The number of rotatable bonds is 9. The predicted octanol–water partition coefficient (Wildman–Crippen LogP) is 3.64. The number of benzene rings is 2. The minimum absolute atomic E-state index is 0.0428. The molecule has 5 aliphatic rings. The SMILES string of the molecule is [N-]=[N+]=NC[C@H]1O[C@@H]2O[C@H]3[C@H](OC(c4ccccc4)O[C@@H]2[C@@H](O)[C@@H]1O)[C@@H](O[C@H]1O[C@@H]2CO[C@H](c4ccccc4)O[C@H]2[C@H](N=[N+]=[N-])[C@H]1O)[C@H](N=[N+]=[N-])C[C@@H]3N=[N+]=[N-]. The second-order valence-corrected chi connectivity index (χ2v) is 13.3.